The summed E-state index contributed by atoms with van der Waals surface area (Å²) in [6.07, 6.45) is 5.47. The number of nitrogens with one attached hydrogen (secondary N) is 1. The van der Waals surface area contributed by atoms with Gasteiger partial charge in [0.15, 0.2) is 0 Å². The second-order valence-electron chi connectivity index (χ2n) is 6.20. The first-order chi connectivity index (χ1) is 11.7. The van der Waals surface area contributed by atoms with E-state index in [1.165, 1.54) is 5.56 Å². The fourth-order valence-corrected chi connectivity index (χ4v) is 3.03. The summed E-state index contributed by atoms with van der Waals surface area (Å²) in [6.45, 7) is 1.23. The first kappa shape index (κ1) is 16.5. The standard InChI is InChI=1S/C19H22N2O3/c22-17-3-1-2-14(11-17)4-5-19(23)21-18-13-24-12-16(18)10-15-6-8-20-9-7-15/h1-3,6-9,11,16,18,22H,4-5,10,12-13H2,(H,21,23). The first-order valence-electron chi connectivity index (χ1n) is 8.24. The Hall–Kier alpha value is -2.40. The van der Waals surface area contributed by atoms with Gasteiger partial charge in [-0.3, -0.25) is 9.78 Å². The van der Waals surface area contributed by atoms with Crippen molar-refractivity contribution in [2.45, 2.75) is 25.3 Å². The molecule has 0 radical (unpaired) electrons. The molecule has 126 valence electrons. The molecule has 2 aromatic rings. The smallest absolute Gasteiger partial charge is 0.220 e. The van der Waals surface area contributed by atoms with E-state index in [-0.39, 0.29) is 23.6 Å². The maximum Gasteiger partial charge on any atom is 0.220 e. The number of aromatic nitrogens is 1. The maximum atomic E-state index is 12.2. The number of pyridine rings is 1. The van der Waals surface area contributed by atoms with Gasteiger partial charge in [0.2, 0.25) is 5.91 Å². The van der Waals surface area contributed by atoms with Crippen LogP contribution in [0.1, 0.15) is 17.5 Å². The molecule has 0 aliphatic carbocycles. The molecule has 1 fully saturated rings. The highest BCUT2D eigenvalue weighted by molar-refractivity contribution is 5.76. The fourth-order valence-electron chi connectivity index (χ4n) is 3.03. The minimum atomic E-state index is 0.0218. The molecular formula is C19H22N2O3. The predicted octanol–water partition coefficient (Wildman–Crippen LogP) is 2.09. The Kier molecular flexibility index (Phi) is 5.43. The van der Waals surface area contributed by atoms with Crippen molar-refractivity contribution in [1.29, 1.82) is 0 Å². The van der Waals surface area contributed by atoms with E-state index in [9.17, 15) is 9.90 Å². The summed E-state index contributed by atoms with van der Waals surface area (Å²) < 4.78 is 5.56. The number of phenolic OH excluding ortho intramolecular Hbond substituents is 1. The van der Waals surface area contributed by atoms with Crippen molar-refractivity contribution in [3.8, 4) is 5.75 Å². The molecule has 1 saturated heterocycles. The van der Waals surface area contributed by atoms with Crippen molar-refractivity contribution in [2.75, 3.05) is 13.2 Å². The molecule has 5 nitrogen and oxygen atoms in total. The number of hydrogen-bond acceptors (Lipinski definition) is 4. The van der Waals surface area contributed by atoms with Crippen LogP contribution < -0.4 is 5.32 Å². The number of aromatic hydroxyl groups is 1. The predicted molar refractivity (Wildman–Crippen MR) is 90.6 cm³/mol. The number of carbonyl (C=O) groups excluding carboxylic acids is 1. The Bertz CT molecular complexity index is 675. The van der Waals surface area contributed by atoms with Crippen molar-refractivity contribution in [1.82, 2.24) is 10.3 Å². The van der Waals surface area contributed by atoms with Gasteiger partial charge in [0.1, 0.15) is 5.75 Å². The molecule has 2 atom stereocenters. The number of phenols is 1. The second-order valence-corrected chi connectivity index (χ2v) is 6.20. The summed E-state index contributed by atoms with van der Waals surface area (Å²) in [5, 5.41) is 12.6. The highest BCUT2D eigenvalue weighted by atomic mass is 16.5. The summed E-state index contributed by atoms with van der Waals surface area (Å²) >= 11 is 0. The van der Waals surface area contributed by atoms with Gasteiger partial charge in [0.25, 0.3) is 0 Å². The fraction of sp³-hybridized carbons (Fsp3) is 0.368. The molecule has 1 amide bonds. The van der Waals surface area contributed by atoms with Crippen LogP contribution in [0.15, 0.2) is 48.8 Å². The van der Waals surface area contributed by atoms with Crippen molar-refractivity contribution in [3.63, 3.8) is 0 Å². The summed E-state index contributed by atoms with van der Waals surface area (Å²) in [5.74, 6) is 0.542. The van der Waals surface area contributed by atoms with E-state index >= 15 is 0 Å². The van der Waals surface area contributed by atoms with Crippen molar-refractivity contribution in [2.24, 2.45) is 5.92 Å². The summed E-state index contributed by atoms with van der Waals surface area (Å²) in [6, 6.07) is 11.1. The van der Waals surface area contributed by atoms with Crippen LogP contribution in [-0.4, -0.2) is 35.3 Å². The zero-order valence-corrected chi connectivity index (χ0v) is 13.5. The number of aryl methyl sites for hydroxylation is 1. The molecule has 1 aliphatic rings. The molecule has 24 heavy (non-hydrogen) atoms. The summed E-state index contributed by atoms with van der Waals surface area (Å²) in [4.78, 5) is 16.2. The average Bonchev–Trinajstić information content (AvgIpc) is 3.01. The summed E-state index contributed by atoms with van der Waals surface area (Å²) in [7, 11) is 0. The van der Waals surface area contributed by atoms with Gasteiger partial charge in [-0.15, -0.1) is 0 Å². The van der Waals surface area contributed by atoms with E-state index in [0.717, 1.165) is 12.0 Å². The molecule has 1 aromatic heterocycles. The number of rotatable bonds is 6. The zero-order chi connectivity index (χ0) is 16.8. The molecule has 1 aliphatic heterocycles. The van der Waals surface area contributed by atoms with E-state index in [2.05, 4.69) is 10.3 Å². The topological polar surface area (TPSA) is 71.5 Å². The number of hydrogen-bond donors (Lipinski definition) is 2. The Morgan fingerprint density at radius 3 is 2.83 bits per heavy atom. The number of nitrogens with zero attached hydrogens (tertiary/aromatic N) is 1. The van der Waals surface area contributed by atoms with Gasteiger partial charge in [-0.05, 0) is 48.2 Å². The lowest BCUT2D eigenvalue weighted by Crippen LogP contribution is -2.40. The van der Waals surface area contributed by atoms with Crippen LogP contribution in [0.2, 0.25) is 0 Å². The molecule has 0 bridgehead atoms. The second kappa shape index (κ2) is 7.93. The lowest BCUT2D eigenvalue weighted by Gasteiger charge is -2.19. The lowest BCUT2D eigenvalue weighted by atomic mass is 9.95. The number of ether oxygens (including phenoxy) is 1. The quantitative estimate of drug-likeness (QED) is 0.853. The van der Waals surface area contributed by atoms with E-state index in [1.54, 1.807) is 30.6 Å². The van der Waals surface area contributed by atoms with Crippen molar-refractivity contribution < 1.29 is 14.6 Å². The molecule has 0 saturated carbocycles. The third-order valence-corrected chi connectivity index (χ3v) is 4.34. The van der Waals surface area contributed by atoms with Crippen LogP contribution in [0.25, 0.3) is 0 Å². The molecular weight excluding hydrogens is 304 g/mol. The van der Waals surface area contributed by atoms with Gasteiger partial charge in [-0.25, -0.2) is 0 Å². The Morgan fingerprint density at radius 2 is 2.04 bits per heavy atom. The minimum Gasteiger partial charge on any atom is -0.508 e. The van der Waals surface area contributed by atoms with E-state index in [1.807, 2.05) is 18.2 Å². The van der Waals surface area contributed by atoms with Crippen LogP contribution in [0.3, 0.4) is 0 Å². The number of benzene rings is 1. The van der Waals surface area contributed by atoms with E-state index in [0.29, 0.717) is 26.1 Å². The third-order valence-electron chi connectivity index (χ3n) is 4.34. The van der Waals surface area contributed by atoms with Crippen LogP contribution in [0.5, 0.6) is 5.75 Å². The first-order valence-corrected chi connectivity index (χ1v) is 8.24. The molecule has 0 spiro atoms. The van der Waals surface area contributed by atoms with Crippen LogP contribution >= 0.6 is 0 Å². The van der Waals surface area contributed by atoms with Gasteiger partial charge in [0, 0.05) is 24.7 Å². The van der Waals surface area contributed by atoms with Crippen molar-refractivity contribution in [3.05, 3.63) is 59.9 Å². The highest BCUT2D eigenvalue weighted by Crippen LogP contribution is 2.19. The average molecular weight is 326 g/mol. The Balaban J connectivity index is 1.49. The van der Waals surface area contributed by atoms with E-state index in [4.69, 9.17) is 4.74 Å². The molecule has 5 heteroatoms. The number of carbonyl (C=O) groups is 1. The Morgan fingerprint density at radius 1 is 1.21 bits per heavy atom. The van der Waals surface area contributed by atoms with E-state index < -0.39 is 0 Å². The molecule has 2 unspecified atom stereocenters. The van der Waals surface area contributed by atoms with Crippen molar-refractivity contribution >= 4 is 5.91 Å². The normalized spacial score (nSPS) is 20.0. The van der Waals surface area contributed by atoms with Gasteiger partial charge >= 0.3 is 0 Å². The third kappa shape index (κ3) is 4.55. The highest BCUT2D eigenvalue weighted by Gasteiger charge is 2.29. The van der Waals surface area contributed by atoms with Crippen LogP contribution in [0, 0.1) is 5.92 Å². The minimum absolute atomic E-state index is 0.0218. The molecule has 2 N–H and O–H groups in total. The van der Waals surface area contributed by atoms with Crippen LogP contribution in [0.4, 0.5) is 0 Å². The van der Waals surface area contributed by atoms with Gasteiger partial charge in [-0.2, -0.15) is 0 Å². The monoisotopic (exact) mass is 326 g/mol. The zero-order valence-electron chi connectivity index (χ0n) is 13.5. The Labute approximate surface area is 141 Å². The van der Waals surface area contributed by atoms with Gasteiger partial charge in [0.05, 0.1) is 19.3 Å². The SMILES string of the molecule is O=C(CCc1cccc(O)c1)NC1COCC1Cc1ccncc1. The maximum absolute atomic E-state index is 12.2. The van der Waals surface area contributed by atoms with Gasteiger partial charge in [-0.1, -0.05) is 12.1 Å². The molecule has 1 aromatic carbocycles. The lowest BCUT2D eigenvalue weighted by molar-refractivity contribution is -0.122. The molecule has 2 heterocycles. The summed E-state index contributed by atoms with van der Waals surface area (Å²) in [5.41, 5.74) is 2.17. The number of amides is 1. The molecule has 3 rings (SSSR count). The largest absolute Gasteiger partial charge is 0.508 e. The van der Waals surface area contributed by atoms with Gasteiger partial charge < -0.3 is 15.2 Å². The van der Waals surface area contributed by atoms with Crippen LogP contribution in [-0.2, 0) is 22.4 Å².